The highest BCUT2D eigenvalue weighted by atomic mass is 32.2. The van der Waals surface area contributed by atoms with Gasteiger partial charge >= 0.3 is 5.97 Å². The van der Waals surface area contributed by atoms with Crippen LogP contribution in [0.4, 0.5) is 0 Å². The first-order valence-electron chi connectivity index (χ1n) is 8.41. The average Bonchev–Trinajstić information content (AvgIpc) is 2.65. The van der Waals surface area contributed by atoms with Crippen LogP contribution in [0.25, 0.3) is 0 Å². The minimum atomic E-state index is -3.54. The predicted molar refractivity (Wildman–Crippen MR) is 103 cm³/mol. The van der Waals surface area contributed by atoms with E-state index in [1.807, 2.05) is 30.3 Å². The Morgan fingerprint density at radius 2 is 1.89 bits per heavy atom. The Morgan fingerprint density at radius 1 is 1.18 bits per heavy atom. The van der Waals surface area contributed by atoms with Crippen molar-refractivity contribution in [2.45, 2.75) is 26.1 Å². The summed E-state index contributed by atoms with van der Waals surface area (Å²) >= 11 is 0. The van der Waals surface area contributed by atoms with Crippen molar-refractivity contribution in [3.63, 3.8) is 0 Å². The molecule has 0 radical (unpaired) electrons. The molecular formula is C20H21NO6S. The summed E-state index contributed by atoms with van der Waals surface area (Å²) in [4.78, 5) is 16.2. The van der Waals surface area contributed by atoms with E-state index in [0.717, 1.165) is 11.8 Å². The van der Waals surface area contributed by atoms with Crippen molar-refractivity contribution in [2.75, 3.05) is 13.4 Å². The van der Waals surface area contributed by atoms with Gasteiger partial charge < -0.3 is 9.47 Å². The molecule has 2 rings (SSSR count). The molecule has 0 spiro atoms. The van der Waals surface area contributed by atoms with E-state index in [-0.39, 0.29) is 24.5 Å². The minimum absolute atomic E-state index is 0.0191. The number of hydrogen-bond donors (Lipinski definition) is 0. The Morgan fingerprint density at radius 3 is 2.54 bits per heavy atom. The van der Waals surface area contributed by atoms with Gasteiger partial charge in [0.1, 0.15) is 12.3 Å². The van der Waals surface area contributed by atoms with Gasteiger partial charge in [0.25, 0.3) is 10.1 Å². The molecule has 0 aliphatic rings. The first-order chi connectivity index (χ1) is 13.3. The molecule has 1 unspecified atom stereocenters. The fourth-order valence-electron chi connectivity index (χ4n) is 2.23. The van der Waals surface area contributed by atoms with Crippen LogP contribution >= 0.6 is 0 Å². The van der Waals surface area contributed by atoms with Crippen LogP contribution in [0.3, 0.4) is 0 Å². The van der Waals surface area contributed by atoms with Gasteiger partial charge in [0.2, 0.25) is 0 Å². The molecule has 1 aromatic carbocycles. The Hall–Kier alpha value is -2.89. The maximum Gasteiger partial charge on any atom is 0.360 e. The lowest BCUT2D eigenvalue weighted by molar-refractivity contribution is 0.0588. The minimum Gasteiger partial charge on any atom is -0.486 e. The molecule has 1 heterocycles. The summed E-state index contributed by atoms with van der Waals surface area (Å²) in [7, 11) is -2.28. The van der Waals surface area contributed by atoms with Gasteiger partial charge in [-0.25, -0.2) is 9.78 Å². The van der Waals surface area contributed by atoms with Crippen LogP contribution in [0, 0.1) is 11.8 Å². The number of methoxy groups -OCH3 is 1. The summed E-state index contributed by atoms with van der Waals surface area (Å²) in [6.45, 7) is 1.88. The Labute approximate surface area is 164 Å². The van der Waals surface area contributed by atoms with Crippen LogP contribution < -0.4 is 4.74 Å². The van der Waals surface area contributed by atoms with Gasteiger partial charge in [-0.1, -0.05) is 36.3 Å². The van der Waals surface area contributed by atoms with Crippen molar-refractivity contribution < 1.29 is 26.9 Å². The zero-order valence-electron chi connectivity index (χ0n) is 15.8. The van der Waals surface area contributed by atoms with Crippen LogP contribution in [0.2, 0.25) is 0 Å². The van der Waals surface area contributed by atoms with E-state index in [9.17, 15) is 13.2 Å². The average molecular weight is 403 g/mol. The molecule has 0 aliphatic heterocycles. The summed E-state index contributed by atoms with van der Waals surface area (Å²) in [5.74, 6) is 5.22. The maximum absolute atomic E-state index is 12.0. The second-order valence-corrected chi connectivity index (χ2v) is 7.53. The third-order valence-corrected chi connectivity index (χ3v) is 4.10. The van der Waals surface area contributed by atoms with Gasteiger partial charge in [0, 0.05) is 6.42 Å². The van der Waals surface area contributed by atoms with E-state index in [0.29, 0.717) is 5.69 Å². The van der Waals surface area contributed by atoms with Crippen LogP contribution in [0.15, 0.2) is 42.5 Å². The Balaban J connectivity index is 2.13. The van der Waals surface area contributed by atoms with Gasteiger partial charge in [-0.2, -0.15) is 8.42 Å². The Kier molecular flexibility index (Phi) is 7.55. The molecule has 0 fully saturated rings. The monoisotopic (exact) mass is 403 g/mol. The SMILES string of the molecule is COC(=O)c1nc(C#CCC(C)OS(C)(=O)=O)ccc1OCc1ccccc1. The van der Waals surface area contributed by atoms with Crippen molar-refractivity contribution in [3.8, 4) is 17.6 Å². The zero-order chi connectivity index (χ0) is 20.6. The summed E-state index contributed by atoms with van der Waals surface area (Å²) < 4.78 is 37.4. The molecule has 148 valence electrons. The van der Waals surface area contributed by atoms with Gasteiger partial charge in [0.05, 0.1) is 19.5 Å². The molecule has 0 aliphatic carbocycles. The second-order valence-electron chi connectivity index (χ2n) is 5.93. The standard InChI is InChI=1S/C20H21NO6S/c1-15(27-28(3,23)24)8-7-11-17-12-13-18(19(21-17)20(22)25-2)26-14-16-9-5-4-6-10-16/h4-6,9-10,12-13,15H,8,14H2,1-3H3. The summed E-state index contributed by atoms with van der Waals surface area (Å²) in [6.07, 6.45) is 0.584. The van der Waals surface area contributed by atoms with Crippen LogP contribution in [-0.2, 0) is 25.6 Å². The van der Waals surface area contributed by atoms with Gasteiger partial charge in [-0.3, -0.25) is 4.18 Å². The second kappa shape index (κ2) is 9.88. The number of pyridine rings is 1. The highest BCUT2D eigenvalue weighted by molar-refractivity contribution is 7.86. The molecule has 8 heteroatoms. The number of rotatable bonds is 7. The summed E-state index contributed by atoms with van der Waals surface area (Å²) in [6, 6.07) is 12.7. The topological polar surface area (TPSA) is 91.8 Å². The molecular weight excluding hydrogens is 382 g/mol. The van der Waals surface area contributed by atoms with Crippen molar-refractivity contribution in [1.29, 1.82) is 0 Å². The largest absolute Gasteiger partial charge is 0.486 e. The third kappa shape index (κ3) is 7.02. The summed E-state index contributed by atoms with van der Waals surface area (Å²) in [5, 5.41) is 0. The number of esters is 1. The van der Waals surface area contributed by atoms with Crippen molar-refractivity contribution in [1.82, 2.24) is 4.98 Å². The number of nitrogens with zero attached hydrogens (tertiary/aromatic N) is 1. The van der Waals surface area contributed by atoms with E-state index < -0.39 is 22.2 Å². The number of hydrogen-bond acceptors (Lipinski definition) is 7. The smallest absolute Gasteiger partial charge is 0.360 e. The van der Waals surface area contributed by atoms with Crippen LogP contribution in [-0.4, -0.2) is 38.8 Å². The van der Waals surface area contributed by atoms with Crippen LogP contribution in [0.5, 0.6) is 5.75 Å². The van der Waals surface area contributed by atoms with Gasteiger partial charge in [0.15, 0.2) is 11.4 Å². The number of benzene rings is 1. The third-order valence-electron chi connectivity index (χ3n) is 3.42. The van der Waals surface area contributed by atoms with Crippen LogP contribution in [0.1, 0.15) is 35.1 Å². The molecule has 1 atom stereocenters. The zero-order valence-corrected chi connectivity index (χ0v) is 16.7. The van der Waals surface area contributed by atoms with Gasteiger partial charge in [-0.05, 0) is 30.5 Å². The van der Waals surface area contributed by atoms with Crippen molar-refractivity contribution in [2.24, 2.45) is 0 Å². The Bertz CT molecular complexity index is 977. The first-order valence-corrected chi connectivity index (χ1v) is 10.2. The van der Waals surface area contributed by atoms with Gasteiger partial charge in [-0.15, -0.1) is 0 Å². The summed E-state index contributed by atoms with van der Waals surface area (Å²) in [5.41, 5.74) is 1.30. The fourth-order valence-corrected chi connectivity index (χ4v) is 2.89. The molecule has 7 nitrogen and oxygen atoms in total. The first kappa shape index (κ1) is 21.4. The van der Waals surface area contributed by atoms with E-state index in [1.165, 1.54) is 7.11 Å². The molecule has 1 aromatic heterocycles. The quantitative estimate of drug-likeness (QED) is 0.398. The lowest BCUT2D eigenvalue weighted by Crippen LogP contribution is -2.13. The highest BCUT2D eigenvalue weighted by Crippen LogP contribution is 2.19. The number of carbonyl (C=O) groups is 1. The highest BCUT2D eigenvalue weighted by Gasteiger charge is 2.16. The molecule has 28 heavy (non-hydrogen) atoms. The molecule has 0 saturated carbocycles. The number of carbonyl (C=O) groups excluding carboxylic acids is 1. The van der Waals surface area contributed by atoms with E-state index in [2.05, 4.69) is 16.8 Å². The number of ether oxygens (including phenoxy) is 2. The van der Waals surface area contributed by atoms with Crippen molar-refractivity contribution in [3.05, 3.63) is 59.4 Å². The van der Waals surface area contributed by atoms with E-state index in [4.69, 9.17) is 13.7 Å². The molecule has 0 N–H and O–H groups in total. The predicted octanol–water partition coefficient (Wildman–Crippen LogP) is 2.55. The normalized spacial score (nSPS) is 11.8. The van der Waals surface area contributed by atoms with E-state index in [1.54, 1.807) is 19.1 Å². The van der Waals surface area contributed by atoms with Crippen molar-refractivity contribution >= 4 is 16.1 Å². The fraction of sp³-hybridized carbons (Fsp3) is 0.300. The molecule has 0 saturated heterocycles. The lowest BCUT2D eigenvalue weighted by Gasteiger charge is -2.10. The molecule has 0 amide bonds. The molecule has 0 bridgehead atoms. The lowest BCUT2D eigenvalue weighted by atomic mass is 10.2. The maximum atomic E-state index is 12.0. The molecule has 2 aromatic rings. The van der Waals surface area contributed by atoms with E-state index >= 15 is 0 Å². The number of aromatic nitrogens is 1.